The van der Waals surface area contributed by atoms with Gasteiger partial charge >= 0.3 is 0 Å². The van der Waals surface area contributed by atoms with E-state index in [1.165, 1.54) is 0 Å². The van der Waals surface area contributed by atoms with Gasteiger partial charge in [-0.25, -0.2) is 17.6 Å². The topological polar surface area (TPSA) is 20.2 Å². The van der Waals surface area contributed by atoms with Crippen LogP contribution in [0.25, 0.3) is 0 Å². The molecular weight excluding hydrogens is 224 g/mol. The third-order valence-corrected chi connectivity index (χ3v) is 3.29. The van der Waals surface area contributed by atoms with Gasteiger partial charge in [0.15, 0.2) is 23.3 Å². The van der Waals surface area contributed by atoms with Crippen LogP contribution < -0.4 is 0 Å². The highest BCUT2D eigenvalue weighted by Crippen LogP contribution is 2.45. The lowest BCUT2D eigenvalue weighted by atomic mass is 9.65. The summed E-state index contributed by atoms with van der Waals surface area (Å²) in [5.41, 5.74) is -1.21. The van der Waals surface area contributed by atoms with Crippen LogP contribution in [0.4, 0.5) is 17.6 Å². The summed E-state index contributed by atoms with van der Waals surface area (Å²) in [5.74, 6) is -6.44. The molecule has 88 valence electrons. The first-order chi connectivity index (χ1) is 7.52. The fourth-order valence-corrected chi connectivity index (χ4v) is 2.07. The molecule has 0 aliphatic heterocycles. The van der Waals surface area contributed by atoms with E-state index in [0.29, 0.717) is 18.9 Å². The first-order valence-electron chi connectivity index (χ1n) is 4.96. The standard InChI is InChI=1S/C11H10F4O/c12-7-4-6(8(13)10(15)9(7)14)11(5-16)2-1-3-11/h4,16H,1-3,5H2. The van der Waals surface area contributed by atoms with Gasteiger partial charge in [0.2, 0.25) is 0 Å². The van der Waals surface area contributed by atoms with Crippen molar-refractivity contribution in [2.75, 3.05) is 6.61 Å². The molecule has 1 aliphatic rings. The number of hydrogen-bond acceptors (Lipinski definition) is 1. The van der Waals surface area contributed by atoms with Crippen molar-refractivity contribution in [2.45, 2.75) is 24.7 Å². The molecule has 0 heterocycles. The van der Waals surface area contributed by atoms with Crippen molar-refractivity contribution >= 4 is 0 Å². The van der Waals surface area contributed by atoms with Gasteiger partial charge in [-0.3, -0.25) is 0 Å². The highest BCUT2D eigenvalue weighted by atomic mass is 19.2. The van der Waals surface area contributed by atoms with Crippen molar-refractivity contribution in [2.24, 2.45) is 0 Å². The van der Waals surface area contributed by atoms with E-state index < -0.39 is 35.3 Å². The maximum Gasteiger partial charge on any atom is 0.197 e. The van der Waals surface area contributed by atoms with Gasteiger partial charge in [-0.1, -0.05) is 6.42 Å². The van der Waals surface area contributed by atoms with Crippen LogP contribution in [0, 0.1) is 23.3 Å². The zero-order valence-electron chi connectivity index (χ0n) is 8.36. The third-order valence-electron chi connectivity index (χ3n) is 3.29. The SMILES string of the molecule is OCC1(c2cc(F)c(F)c(F)c2F)CCC1. The molecule has 1 aliphatic carbocycles. The molecule has 2 rings (SSSR count). The number of halogens is 4. The maximum atomic E-state index is 13.5. The van der Waals surface area contributed by atoms with E-state index in [1.807, 2.05) is 0 Å². The first kappa shape index (κ1) is 11.4. The Hall–Kier alpha value is -1.10. The molecule has 0 atom stereocenters. The minimum atomic E-state index is -1.81. The zero-order chi connectivity index (χ0) is 11.9. The lowest BCUT2D eigenvalue weighted by molar-refractivity contribution is 0.115. The largest absolute Gasteiger partial charge is 0.395 e. The highest BCUT2D eigenvalue weighted by molar-refractivity contribution is 5.32. The summed E-state index contributed by atoms with van der Waals surface area (Å²) in [6, 6.07) is 0.642. The van der Waals surface area contributed by atoms with Crippen LogP contribution in [0.2, 0.25) is 0 Å². The van der Waals surface area contributed by atoms with E-state index in [2.05, 4.69) is 0 Å². The van der Waals surface area contributed by atoms with Crippen molar-refractivity contribution in [3.8, 4) is 0 Å². The quantitative estimate of drug-likeness (QED) is 0.474. The molecule has 1 fully saturated rings. The lowest BCUT2D eigenvalue weighted by Crippen LogP contribution is -2.39. The summed E-state index contributed by atoms with van der Waals surface area (Å²) in [7, 11) is 0. The van der Waals surface area contributed by atoms with Crippen molar-refractivity contribution in [3.63, 3.8) is 0 Å². The van der Waals surface area contributed by atoms with Crippen LogP contribution >= 0.6 is 0 Å². The molecule has 0 radical (unpaired) electrons. The monoisotopic (exact) mass is 234 g/mol. The molecule has 1 aromatic rings. The summed E-state index contributed by atoms with van der Waals surface area (Å²) >= 11 is 0. The molecule has 1 N–H and O–H groups in total. The molecular formula is C11H10F4O. The molecule has 1 aromatic carbocycles. The molecule has 0 unspecified atom stereocenters. The minimum Gasteiger partial charge on any atom is -0.395 e. The van der Waals surface area contributed by atoms with Crippen molar-refractivity contribution < 1.29 is 22.7 Å². The van der Waals surface area contributed by atoms with Crippen LogP contribution in [0.5, 0.6) is 0 Å². The maximum absolute atomic E-state index is 13.5. The number of aliphatic hydroxyl groups is 1. The van der Waals surface area contributed by atoms with Crippen LogP contribution in [0.1, 0.15) is 24.8 Å². The minimum absolute atomic E-state index is 0.266. The molecule has 0 aromatic heterocycles. The first-order valence-corrected chi connectivity index (χ1v) is 4.96. The summed E-state index contributed by atoms with van der Waals surface area (Å²) < 4.78 is 52.2. The van der Waals surface area contributed by atoms with Gasteiger partial charge in [0.25, 0.3) is 0 Å². The Morgan fingerprint density at radius 1 is 1.06 bits per heavy atom. The molecule has 16 heavy (non-hydrogen) atoms. The molecule has 5 heteroatoms. The van der Waals surface area contributed by atoms with Gasteiger partial charge in [0.05, 0.1) is 6.61 Å². The van der Waals surface area contributed by atoms with E-state index >= 15 is 0 Å². The predicted octanol–water partition coefficient (Wildman–Crippen LogP) is 2.66. The zero-order valence-corrected chi connectivity index (χ0v) is 8.36. The summed E-state index contributed by atoms with van der Waals surface area (Å²) in [6.45, 7) is -0.394. The highest BCUT2D eigenvalue weighted by Gasteiger charge is 2.41. The van der Waals surface area contributed by atoms with Crippen molar-refractivity contribution in [1.82, 2.24) is 0 Å². The Morgan fingerprint density at radius 3 is 2.12 bits per heavy atom. The van der Waals surface area contributed by atoms with Crippen LogP contribution in [-0.2, 0) is 5.41 Å². The molecule has 1 saturated carbocycles. The average Bonchev–Trinajstić information content (AvgIpc) is 2.21. The summed E-state index contributed by atoms with van der Waals surface area (Å²) in [4.78, 5) is 0. The van der Waals surface area contributed by atoms with Crippen LogP contribution in [0.3, 0.4) is 0 Å². The van der Waals surface area contributed by atoms with Crippen molar-refractivity contribution in [3.05, 3.63) is 34.9 Å². The Morgan fingerprint density at radius 2 is 1.69 bits per heavy atom. The Kier molecular flexibility index (Phi) is 2.66. The van der Waals surface area contributed by atoms with Crippen LogP contribution in [-0.4, -0.2) is 11.7 Å². The smallest absolute Gasteiger partial charge is 0.197 e. The average molecular weight is 234 g/mol. The molecule has 1 nitrogen and oxygen atoms in total. The molecule has 0 amide bonds. The fourth-order valence-electron chi connectivity index (χ4n) is 2.07. The van der Waals surface area contributed by atoms with E-state index in [0.717, 1.165) is 6.42 Å². The lowest BCUT2D eigenvalue weighted by Gasteiger charge is -2.40. The Labute approximate surface area is 89.7 Å². The number of benzene rings is 1. The summed E-state index contributed by atoms with van der Waals surface area (Å²) in [6.07, 6.45) is 1.65. The van der Waals surface area contributed by atoms with E-state index in [-0.39, 0.29) is 5.56 Å². The van der Waals surface area contributed by atoms with Gasteiger partial charge in [0.1, 0.15) is 0 Å². The van der Waals surface area contributed by atoms with Gasteiger partial charge in [-0.2, -0.15) is 0 Å². The van der Waals surface area contributed by atoms with Crippen molar-refractivity contribution in [1.29, 1.82) is 0 Å². The summed E-state index contributed by atoms with van der Waals surface area (Å²) in [5, 5.41) is 9.16. The van der Waals surface area contributed by atoms with Gasteiger partial charge in [-0.05, 0) is 18.9 Å². The number of hydrogen-bond donors (Lipinski definition) is 1. The third kappa shape index (κ3) is 1.42. The second-order valence-electron chi connectivity index (χ2n) is 4.14. The van der Waals surface area contributed by atoms with E-state index in [9.17, 15) is 17.6 Å². The number of rotatable bonds is 2. The fraction of sp³-hybridized carbons (Fsp3) is 0.455. The number of aliphatic hydroxyl groups excluding tert-OH is 1. The van der Waals surface area contributed by atoms with E-state index in [1.54, 1.807) is 0 Å². The van der Waals surface area contributed by atoms with Crippen LogP contribution in [0.15, 0.2) is 6.07 Å². The Balaban J connectivity index is 2.57. The normalized spacial score (nSPS) is 18.3. The second-order valence-corrected chi connectivity index (χ2v) is 4.14. The predicted molar refractivity (Wildman–Crippen MR) is 48.9 cm³/mol. The molecule has 0 saturated heterocycles. The molecule has 0 bridgehead atoms. The Bertz CT molecular complexity index is 421. The second kappa shape index (κ2) is 3.73. The van der Waals surface area contributed by atoms with Gasteiger partial charge in [0, 0.05) is 11.0 Å². The van der Waals surface area contributed by atoms with E-state index in [4.69, 9.17) is 5.11 Å². The van der Waals surface area contributed by atoms with Gasteiger partial charge in [-0.15, -0.1) is 0 Å². The molecule has 0 spiro atoms. The van der Waals surface area contributed by atoms with Gasteiger partial charge < -0.3 is 5.11 Å².